The summed E-state index contributed by atoms with van der Waals surface area (Å²) >= 11 is 0. The molecule has 0 bridgehead atoms. The Morgan fingerprint density at radius 2 is 2.50 bits per heavy atom. The molecular formula is C7H7NO4. The summed E-state index contributed by atoms with van der Waals surface area (Å²) in [6, 6.07) is 1.87. The van der Waals surface area contributed by atoms with Crippen molar-refractivity contribution >= 4 is 5.97 Å². The van der Waals surface area contributed by atoms with E-state index in [1.165, 1.54) is 19.4 Å². The van der Waals surface area contributed by atoms with Gasteiger partial charge in [0.25, 0.3) is 0 Å². The predicted octanol–water partition coefficient (Wildman–Crippen LogP) is 1.26. The third kappa shape index (κ3) is 1.50. The molecule has 0 saturated carbocycles. The highest BCUT2D eigenvalue weighted by molar-refractivity contribution is 5.76. The van der Waals surface area contributed by atoms with Crippen molar-refractivity contribution < 1.29 is 13.9 Å². The van der Waals surface area contributed by atoms with Crippen LogP contribution in [0.15, 0.2) is 28.0 Å². The zero-order valence-corrected chi connectivity index (χ0v) is 6.39. The van der Waals surface area contributed by atoms with Gasteiger partial charge in [-0.1, -0.05) is 0 Å². The van der Waals surface area contributed by atoms with E-state index in [1.54, 1.807) is 6.07 Å². The average Bonchev–Trinajstić information content (AvgIpc) is 2.58. The zero-order valence-electron chi connectivity index (χ0n) is 6.39. The van der Waals surface area contributed by atoms with Gasteiger partial charge < -0.3 is 9.15 Å². The molecule has 1 aromatic rings. The van der Waals surface area contributed by atoms with E-state index in [0.717, 1.165) is 0 Å². The standard InChI is InChI=1S/C7H7NO4/c1-11-7(9)6(8-10)5-3-2-4-12-5/h2-4,6H,1H3. The van der Waals surface area contributed by atoms with Crippen LogP contribution in [0.5, 0.6) is 0 Å². The lowest BCUT2D eigenvalue weighted by Gasteiger charge is -2.01. The number of nitroso groups, excluding NO2 is 1. The van der Waals surface area contributed by atoms with Crippen molar-refractivity contribution in [1.29, 1.82) is 0 Å². The van der Waals surface area contributed by atoms with Gasteiger partial charge in [0.15, 0.2) is 0 Å². The SMILES string of the molecule is COC(=O)C(N=O)c1ccco1. The van der Waals surface area contributed by atoms with Crippen molar-refractivity contribution in [3.8, 4) is 0 Å². The largest absolute Gasteiger partial charge is 0.467 e. The fourth-order valence-corrected chi connectivity index (χ4v) is 0.770. The van der Waals surface area contributed by atoms with E-state index < -0.39 is 12.0 Å². The second-order valence-corrected chi connectivity index (χ2v) is 2.05. The summed E-state index contributed by atoms with van der Waals surface area (Å²) in [6.45, 7) is 0. The quantitative estimate of drug-likeness (QED) is 0.504. The number of nitrogens with zero attached hydrogens (tertiary/aromatic N) is 1. The number of hydrogen-bond donors (Lipinski definition) is 0. The molecule has 1 rings (SSSR count). The van der Waals surface area contributed by atoms with E-state index >= 15 is 0 Å². The van der Waals surface area contributed by atoms with E-state index in [0.29, 0.717) is 0 Å². The average molecular weight is 169 g/mol. The molecule has 1 unspecified atom stereocenters. The highest BCUT2D eigenvalue weighted by atomic mass is 16.5. The van der Waals surface area contributed by atoms with Crippen LogP contribution in [-0.2, 0) is 9.53 Å². The zero-order chi connectivity index (χ0) is 8.97. The number of methoxy groups -OCH3 is 1. The van der Waals surface area contributed by atoms with Gasteiger partial charge in [0.05, 0.1) is 13.4 Å². The van der Waals surface area contributed by atoms with Crippen molar-refractivity contribution in [3.63, 3.8) is 0 Å². The molecule has 1 atom stereocenters. The van der Waals surface area contributed by atoms with Crippen LogP contribution >= 0.6 is 0 Å². The fourth-order valence-electron chi connectivity index (χ4n) is 0.770. The van der Waals surface area contributed by atoms with Gasteiger partial charge in [0, 0.05) is 0 Å². The minimum Gasteiger partial charge on any atom is -0.467 e. The molecule has 0 aliphatic rings. The highest BCUT2D eigenvalue weighted by Gasteiger charge is 2.24. The molecule has 0 amide bonds. The Morgan fingerprint density at radius 1 is 1.75 bits per heavy atom. The first kappa shape index (κ1) is 8.45. The molecule has 0 N–H and O–H groups in total. The maximum absolute atomic E-state index is 10.9. The first-order chi connectivity index (χ1) is 5.79. The monoisotopic (exact) mass is 169 g/mol. The Kier molecular flexibility index (Phi) is 2.57. The van der Waals surface area contributed by atoms with Crippen molar-refractivity contribution in [3.05, 3.63) is 29.1 Å². The number of rotatable bonds is 3. The van der Waals surface area contributed by atoms with Gasteiger partial charge in [-0.15, -0.1) is 4.91 Å². The lowest BCUT2D eigenvalue weighted by molar-refractivity contribution is -0.142. The molecule has 0 aromatic carbocycles. The number of esters is 1. The van der Waals surface area contributed by atoms with Crippen LogP contribution < -0.4 is 0 Å². The lowest BCUT2D eigenvalue weighted by Crippen LogP contribution is -2.10. The summed E-state index contributed by atoms with van der Waals surface area (Å²) in [5.41, 5.74) is 0. The lowest BCUT2D eigenvalue weighted by atomic mass is 10.2. The summed E-state index contributed by atoms with van der Waals surface area (Å²) in [4.78, 5) is 21.1. The molecule has 0 aliphatic carbocycles. The summed E-state index contributed by atoms with van der Waals surface area (Å²) in [5.74, 6) is -0.531. The predicted molar refractivity (Wildman–Crippen MR) is 39.3 cm³/mol. The van der Waals surface area contributed by atoms with Gasteiger partial charge >= 0.3 is 5.97 Å². The second-order valence-electron chi connectivity index (χ2n) is 2.05. The Hall–Kier alpha value is -1.65. The fraction of sp³-hybridized carbons (Fsp3) is 0.286. The van der Waals surface area contributed by atoms with Gasteiger partial charge in [0.1, 0.15) is 5.76 Å². The number of carbonyl (C=O) groups is 1. The maximum Gasteiger partial charge on any atom is 0.342 e. The van der Waals surface area contributed by atoms with Crippen LogP contribution in [0.2, 0.25) is 0 Å². The van der Waals surface area contributed by atoms with Crippen LogP contribution in [0, 0.1) is 4.91 Å². The first-order valence-electron chi connectivity index (χ1n) is 3.23. The van der Waals surface area contributed by atoms with Crippen LogP contribution in [-0.4, -0.2) is 13.1 Å². The molecule has 0 fully saturated rings. The van der Waals surface area contributed by atoms with Crippen LogP contribution in [0.3, 0.4) is 0 Å². The molecule has 0 aliphatic heterocycles. The van der Waals surface area contributed by atoms with Crippen LogP contribution in [0.4, 0.5) is 0 Å². The van der Waals surface area contributed by atoms with Gasteiger partial charge in [-0.25, -0.2) is 4.79 Å². The Balaban J connectivity index is 2.83. The molecule has 12 heavy (non-hydrogen) atoms. The minimum atomic E-state index is -1.19. The Morgan fingerprint density at radius 3 is 2.92 bits per heavy atom. The molecule has 1 heterocycles. The molecule has 0 saturated heterocycles. The first-order valence-corrected chi connectivity index (χ1v) is 3.23. The molecular weight excluding hydrogens is 162 g/mol. The van der Waals surface area contributed by atoms with Gasteiger partial charge in [-0.05, 0) is 17.3 Å². The summed E-state index contributed by atoms with van der Waals surface area (Å²) in [5, 5.41) is 2.58. The van der Waals surface area contributed by atoms with E-state index in [9.17, 15) is 9.70 Å². The van der Waals surface area contributed by atoms with Gasteiger partial charge in [-0.3, -0.25) is 0 Å². The van der Waals surface area contributed by atoms with Crippen molar-refractivity contribution in [2.45, 2.75) is 6.04 Å². The Bertz CT molecular complexity index is 267. The van der Waals surface area contributed by atoms with Crippen LogP contribution in [0.25, 0.3) is 0 Å². The van der Waals surface area contributed by atoms with E-state index in [4.69, 9.17) is 4.42 Å². The topological polar surface area (TPSA) is 68.9 Å². The van der Waals surface area contributed by atoms with Gasteiger partial charge in [-0.2, -0.15) is 0 Å². The Labute approximate surface area is 68.3 Å². The second kappa shape index (κ2) is 3.66. The van der Waals surface area contributed by atoms with Gasteiger partial charge in [0.2, 0.25) is 6.04 Å². The molecule has 0 spiro atoms. The maximum atomic E-state index is 10.9. The third-order valence-electron chi connectivity index (χ3n) is 1.34. The highest BCUT2D eigenvalue weighted by Crippen LogP contribution is 2.18. The normalized spacial score (nSPS) is 12.1. The molecule has 5 nitrogen and oxygen atoms in total. The van der Waals surface area contributed by atoms with Crippen molar-refractivity contribution in [1.82, 2.24) is 0 Å². The molecule has 5 heteroatoms. The minimum absolute atomic E-state index is 0.192. The number of furan rings is 1. The summed E-state index contributed by atoms with van der Waals surface area (Å²) < 4.78 is 9.15. The third-order valence-corrected chi connectivity index (χ3v) is 1.34. The molecule has 0 radical (unpaired) electrons. The summed E-state index contributed by atoms with van der Waals surface area (Å²) in [7, 11) is 1.18. The van der Waals surface area contributed by atoms with E-state index in [-0.39, 0.29) is 5.76 Å². The molecule has 1 aromatic heterocycles. The van der Waals surface area contributed by atoms with Crippen molar-refractivity contribution in [2.75, 3.05) is 7.11 Å². The number of hydrogen-bond acceptors (Lipinski definition) is 5. The van der Waals surface area contributed by atoms with Crippen LogP contribution in [0.1, 0.15) is 11.8 Å². The number of carbonyl (C=O) groups excluding carboxylic acids is 1. The molecule has 64 valence electrons. The van der Waals surface area contributed by atoms with E-state index in [1.807, 2.05) is 0 Å². The number of ether oxygens (including phenoxy) is 1. The van der Waals surface area contributed by atoms with Crippen molar-refractivity contribution in [2.24, 2.45) is 5.18 Å². The van der Waals surface area contributed by atoms with E-state index in [2.05, 4.69) is 9.91 Å². The summed E-state index contributed by atoms with van der Waals surface area (Å²) in [6.07, 6.45) is 1.36. The smallest absolute Gasteiger partial charge is 0.342 e.